The van der Waals surface area contributed by atoms with E-state index in [4.69, 9.17) is 18.0 Å². The average Bonchev–Trinajstić information content (AvgIpc) is 2.11. The number of amides is 1. The molecule has 94 valence electrons. The zero-order valence-corrected chi connectivity index (χ0v) is 11.2. The van der Waals surface area contributed by atoms with E-state index in [2.05, 4.69) is 5.32 Å². The van der Waals surface area contributed by atoms with Gasteiger partial charge in [0.1, 0.15) is 9.84 Å². The van der Waals surface area contributed by atoms with E-state index < -0.39 is 15.8 Å². The van der Waals surface area contributed by atoms with Gasteiger partial charge in [-0.2, -0.15) is 0 Å². The summed E-state index contributed by atoms with van der Waals surface area (Å²) in [7, 11) is -2.97. The molecular formula is C9H18N2O3S2. The number of sulfone groups is 1. The molecule has 0 saturated carbocycles. The first-order chi connectivity index (χ1) is 7.28. The van der Waals surface area contributed by atoms with Crippen LogP contribution < -0.4 is 11.1 Å². The van der Waals surface area contributed by atoms with Crippen molar-refractivity contribution in [3.63, 3.8) is 0 Å². The van der Waals surface area contributed by atoms with Crippen LogP contribution in [0.2, 0.25) is 0 Å². The van der Waals surface area contributed by atoms with E-state index >= 15 is 0 Å². The standard InChI is InChI=1S/C9H18N2O3S2/c1-3-7(8(10)15)9(12)11-5-4-6-16(2,13)14/h7H,3-6H2,1-2H3,(H2,10,15)(H,11,12). The molecule has 0 aliphatic heterocycles. The van der Waals surface area contributed by atoms with Gasteiger partial charge in [0.2, 0.25) is 5.91 Å². The van der Waals surface area contributed by atoms with Crippen LogP contribution in [0.1, 0.15) is 19.8 Å². The SMILES string of the molecule is CCC(C(=O)NCCCS(C)(=O)=O)C(N)=S. The minimum atomic E-state index is -2.97. The van der Waals surface area contributed by atoms with Crippen molar-refractivity contribution in [1.82, 2.24) is 5.32 Å². The maximum Gasteiger partial charge on any atom is 0.229 e. The molecule has 5 nitrogen and oxygen atoms in total. The van der Waals surface area contributed by atoms with Crippen LogP contribution in [-0.2, 0) is 14.6 Å². The van der Waals surface area contributed by atoms with Crippen LogP contribution in [0.5, 0.6) is 0 Å². The highest BCUT2D eigenvalue weighted by molar-refractivity contribution is 7.90. The Bertz CT molecular complexity index is 352. The summed E-state index contributed by atoms with van der Waals surface area (Å²) >= 11 is 4.75. The first kappa shape index (κ1) is 15.3. The lowest BCUT2D eigenvalue weighted by Gasteiger charge is -2.12. The van der Waals surface area contributed by atoms with Crippen LogP contribution in [-0.4, -0.2) is 37.9 Å². The Labute approximate surface area is 102 Å². The summed E-state index contributed by atoms with van der Waals surface area (Å²) in [4.78, 5) is 11.7. The van der Waals surface area contributed by atoms with Crippen molar-refractivity contribution >= 4 is 33.0 Å². The van der Waals surface area contributed by atoms with Gasteiger partial charge in [-0.3, -0.25) is 4.79 Å². The van der Waals surface area contributed by atoms with E-state index in [-0.39, 0.29) is 16.6 Å². The number of carbonyl (C=O) groups excluding carboxylic acids is 1. The number of hydrogen-bond donors (Lipinski definition) is 2. The van der Waals surface area contributed by atoms with Gasteiger partial charge in [0.15, 0.2) is 0 Å². The molecule has 0 aromatic rings. The largest absolute Gasteiger partial charge is 0.393 e. The molecule has 0 bridgehead atoms. The summed E-state index contributed by atoms with van der Waals surface area (Å²) < 4.78 is 21.6. The minimum absolute atomic E-state index is 0.0666. The maximum atomic E-state index is 11.5. The van der Waals surface area contributed by atoms with Crippen LogP contribution in [0.3, 0.4) is 0 Å². The highest BCUT2D eigenvalue weighted by Crippen LogP contribution is 2.02. The first-order valence-corrected chi connectivity index (χ1v) is 7.49. The van der Waals surface area contributed by atoms with Crippen LogP contribution in [0.4, 0.5) is 0 Å². The van der Waals surface area contributed by atoms with Crippen molar-refractivity contribution < 1.29 is 13.2 Å². The molecule has 16 heavy (non-hydrogen) atoms. The predicted octanol–water partition coefficient (Wildman–Crippen LogP) is -0.150. The Morgan fingerprint density at radius 2 is 2.06 bits per heavy atom. The molecule has 0 aliphatic rings. The second-order valence-corrected chi connectivity index (χ2v) is 6.37. The van der Waals surface area contributed by atoms with E-state index in [1.165, 1.54) is 6.26 Å². The molecule has 1 atom stereocenters. The van der Waals surface area contributed by atoms with Gasteiger partial charge < -0.3 is 11.1 Å². The summed E-state index contributed by atoms with van der Waals surface area (Å²) in [5.41, 5.74) is 5.40. The first-order valence-electron chi connectivity index (χ1n) is 5.02. The number of thiocarbonyl (C=S) groups is 1. The Hall–Kier alpha value is -0.690. The summed E-state index contributed by atoms with van der Waals surface area (Å²) in [5, 5.41) is 2.62. The highest BCUT2D eigenvalue weighted by Gasteiger charge is 2.18. The van der Waals surface area contributed by atoms with E-state index in [9.17, 15) is 13.2 Å². The zero-order valence-electron chi connectivity index (χ0n) is 9.52. The number of carbonyl (C=O) groups is 1. The normalized spacial score (nSPS) is 13.1. The lowest BCUT2D eigenvalue weighted by molar-refractivity contribution is -0.123. The van der Waals surface area contributed by atoms with Gasteiger partial charge in [0.25, 0.3) is 0 Å². The van der Waals surface area contributed by atoms with Crippen molar-refractivity contribution in [3.8, 4) is 0 Å². The Morgan fingerprint density at radius 3 is 2.44 bits per heavy atom. The average molecular weight is 266 g/mol. The van der Waals surface area contributed by atoms with Gasteiger partial charge in [0, 0.05) is 12.8 Å². The fraction of sp³-hybridized carbons (Fsp3) is 0.778. The van der Waals surface area contributed by atoms with Gasteiger partial charge in [-0.1, -0.05) is 19.1 Å². The van der Waals surface area contributed by atoms with Crippen molar-refractivity contribution in [2.45, 2.75) is 19.8 Å². The monoisotopic (exact) mass is 266 g/mol. The third-order valence-electron chi connectivity index (χ3n) is 2.06. The molecule has 1 unspecified atom stereocenters. The van der Waals surface area contributed by atoms with E-state index in [0.717, 1.165) is 0 Å². The topological polar surface area (TPSA) is 89.3 Å². The number of hydrogen-bond acceptors (Lipinski definition) is 4. The van der Waals surface area contributed by atoms with Gasteiger partial charge in [-0.15, -0.1) is 0 Å². The van der Waals surface area contributed by atoms with E-state index in [1.54, 1.807) is 0 Å². The number of nitrogens with one attached hydrogen (secondary N) is 1. The second kappa shape index (κ2) is 6.80. The molecule has 0 aromatic carbocycles. The van der Waals surface area contributed by atoms with Crippen LogP contribution in [0.25, 0.3) is 0 Å². The van der Waals surface area contributed by atoms with Crippen LogP contribution in [0.15, 0.2) is 0 Å². The Balaban J connectivity index is 3.94. The van der Waals surface area contributed by atoms with Crippen LogP contribution in [0, 0.1) is 5.92 Å². The Morgan fingerprint density at radius 1 is 1.50 bits per heavy atom. The number of rotatable bonds is 7. The van der Waals surface area contributed by atoms with Gasteiger partial charge in [0.05, 0.1) is 16.7 Å². The predicted molar refractivity (Wildman–Crippen MR) is 67.9 cm³/mol. The second-order valence-electron chi connectivity index (χ2n) is 3.64. The highest BCUT2D eigenvalue weighted by atomic mass is 32.2. The lowest BCUT2D eigenvalue weighted by Crippen LogP contribution is -2.38. The summed E-state index contributed by atoms with van der Waals surface area (Å²) in [6.45, 7) is 2.14. The van der Waals surface area contributed by atoms with Gasteiger partial charge in [-0.05, 0) is 12.8 Å². The van der Waals surface area contributed by atoms with E-state index in [0.29, 0.717) is 19.4 Å². The molecule has 0 aromatic heterocycles. The molecule has 0 saturated heterocycles. The molecule has 0 fully saturated rings. The fourth-order valence-corrected chi connectivity index (χ4v) is 2.13. The molecule has 0 radical (unpaired) electrons. The Kier molecular flexibility index (Phi) is 6.51. The minimum Gasteiger partial charge on any atom is -0.393 e. The van der Waals surface area contributed by atoms with Gasteiger partial charge in [-0.25, -0.2) is 8.42 Å². The molecule has 0 aliphatic carbocycles. The van der Waals surface area contributed by atoms with Gasteiger partial charge >= 0.3 is 0 Å². The summed E-state index contributed by atoms with van der Waals surface area (Å²) in [5.74, 6) is -0.631. The summed E-state index contributed by atoms with van der Waals surface area (Å²) in [6, 6.07) is 0. The molecule has 0 spiro atoms. The van der Waals surface area contributed by atoms with Crippen molar-refractivity contribution in [2.24, 2.45) is 11.7 Å². The van der Waals surface area contributed by atoms with E-state index in [1.807, 2.05) is 6.92 Å². The molecule has 7 heteroatoms. The van der Waals surface area contributed by atoms with Crippen molar-refractivity contribution in [3.05, 3.63) is 0 Å². The zero-order chi connectivity index (χ0) is 12.8. The van der Waals surface area contributed by atoms with Crippen molar-refractivity contribution in [2.75, 3.05) is 18.6 Å². The molecule has 0 heterocycles. The molecule has 1 amide bonds. The fourth-order valence-electron chi connectivity index (χ4n) is 1.18. The molecular weight excluding hydrogens is 248 g/mol. The third-order valence-corrected chi connectivity index (χ3v) is 3.37. The molecule has 0 rings (SSSR count). The lowest BCUT2D eigenvalue weighted by atomic mass is 10.1. The smallest absolute Gasteiger partial charge is 0.229 e. The molecule has 3 N–H and O–H groups in total. The van der Waals surface area contributed by atoms with Crippen molar-refractivity contribution in [1.29, 1.82) is 0 Å². The third kappa shape index (κ3) is 6.73. The number of nitrogens with two attached hydrogens (primary N) is 1. The maximum absolute atomic E-state index is 11.5. The quantitative estimate of drug-likeness (QED) is 0.494. The summed E-state index contributed by atoms with van der Waals surface area (Å²) in [6.07, 6.45) is 2.12. The van der Waals surface area contributed by atoms with Crippen LogP contribution >= 0.6 is 12.2 Å².